The Balaban J connectivity index is 2.08. The summed E-state index contributed by atoms with van der Waals surface area (Å²) >= 11 is 0. The van der Waals surface area contributed by atoms with E-state index in [1.165, 1.54) is 0 Å². The van der Waals surface area contributed by atoms with Crippen LogP contribution in [-0.2, 0) is 14.3 Å². The highest BCUT2D eigenvalue weighted by atomic mass is 16.6. The zero-order valence-electron chi connectivity index (χ0n) is 12.6. The van der Waals surface area contributed by atoms with E-state index in [9.17, 15) is 9.59 Å². The topological polar surface area (TPSA) is 46.6 Å². The third kappa shape index (κ3) is 2.52. The van der Waals surface area contributed by atoms with Gasteiger partial charge in [-0.2, -0.15) is 0 Å². The summed E-state index contributed by atoms with van der Waals surface area (Å²) in [6.07, 6.45) is 1.46. The molecule has 2 saturated heterocycles. The largest absolute Gasteiger partial charge is 0.460 e. The number of esters is 1. The average Bonchev–Trinajstić information content (AvgIpc) is 2.82. The van der Waals surface area contributed by atoms with Gasteiger partial charge in [-0.25, -0.2) is 0 Å². The van der Waals surface area contributed by atoms with Gasteiger partial charge in [-0.15, -0.1) is 0 Å². The number of hydrogen-bond acceptors (Lipinski definition) is 3. The van der Waals surface area contributed by atoms with E-state index in [1.54, 1.807) is 4.81 Å². The van der Waals surface area contributed by atoms with Gasteiger partial charge in [-0.3, -0.25) is 9.59 Å². The van der Waals surface area contributed by atoms with E-state index in [0.717, 1.165) is 12.8 Å². The molecule has 0 aromatic rings. The maximum atomic E-state index is 12.2. The Labute approximate surface area is 116 Å². The van der Waals surface area contributed by atoms with Crippen molar-refractivity contribution in [2.75, 3.05) is 0 Å². The number of carbonyl (C=O) groups excluding carboxylic acids is 2. The molecule has 0 aliphatic carbocycles. The summed E-state index contributed by atoms with van der Waals surface area (Å²) in [5.41, 5.74) is 0. The summed E-state index contributed by atoms with van der Waals surface area (Å²) in [5.74, 6) is 0.829. The quantitative estimate of drug-likeness (QED) is 0.565. The summed E-state index contributed by atoms with van der Waals surface area (Å²) in [4.78, 5) is 25.9. The Morgan fingerprint density at radius 2 is 1.68 bits per heavy atom. The predicted octanol–water partition coefficient (Wildman–Crippen LogP) is 0.995. The lowest BCUT2D eigenvalue weighted by molar-refractivity contribution is -0.147. The van der Waals surface area contributed by atoms with Gasteiger partial charge in [0.15, 0.2) is 0 Å². The fourth-order valence-corrected chi connectivity index (χ4v) is 3.31. The second-order valence-electron chi connectivity index (χ2n) is 6.66. The van der Waals surface area contributed by atoms with E-state index in [-0.39, 0.29) is 35.9 Å². The molecule has 0 radical (unpaired) electrons. The van der Waals surface area contributed by atoms with Crippen LogP contribution in [-0.4, -0.2) is 36.8 Å². The van der Waals surface area contributed by atoms with E-state index in [4.69, 9.17) is 4.74 Å². The van der Waals surface area contributed by atoms with Gasteiger partial charge >= 0.3 is 5.97 Å². The van der Waals surface area contributed by atoms with E-state index in [0.29, 0.717) is 11.8 Å². The van der Waals surface area contributed by atoms with Crippen molar-refractivity contribution < 1.29 is 14.3 Å². The third-order valence-corrected chi connectivity index (χ3v) is 4.75. The molecule has 0 bridgehead atoms. The van der Waals surface area contributed by atoms with Gasteiger partial charge in [-0.05, 0) is 24.7 Å². The summed E-state index contributed by atoms with van der Waals surface area (Å²) in [6, 6.07) is 0.0626. The highest BCUT2D eigenvalue weighted by Crippen LogP contribution is 2.37. The fraction of sp³-hybridized carbons (Fsp3) is 0.857. The van der Waals surface area contributed by atoms with Crippen LogP contribution in [0.2, 0.25) is 0 Å². The van der Waals surface area contributed by atoms with Crippen molar-refractivity contribution in [3.8, 4) is 0 Å². The van der Waals surface area contributed by atoms with E-state index in [1.807, 2.05) is 7.98 Å². The number of ether oxygens (including phenoxy) is 1. The molecule has 2 aliphatic heterocycles. The SMILES string of the molecule is BN1C(=O)C(C(C)C)C[C@H]1[C@@H]1CC(C(C)C)C(=O)O1. The molecule has 2 rings (SSSR count). The van der Waals surface area contributed by atoms with Crippen LogP contribution in [0.25, 0.3) is 0 Å². The van der Waals surface area contributed by atoms with Gasteiger partial charge in [-0.1, -0.05) is 27.7 Å². The zero-order chi connectivity index (χ0) is 14.3. The summed E-state index contributed by atoms with van der Waals surface area (Å²) < 4.78 is 5.53. The van der Waals surface area contributed by atoms with Crippen LogP contribution in [0.3, 0.4) is 0 Å². The Kier molecular flexibility index (Phi) is 3.93. The molecule has 106 valence electrons. The molecule has 0 aromatic carbocycles. The number of hydrogen-bond donors (Lipinski definition) is 0. The monoisotopic (exact) mass is 265 g/mol. The van der Waals surface area contributed by atoms with E-state index < -0.39 is 0 Å². The highest BCUT2D eigenvalue weighted by Gasteiger charge is 2.47. The molecular formula is C14H24BNO3. The van der Waals surface area contributed by atoms with Crippen molar-refractivity contribution in [1.29, 1.82) is 0 Å². The van der Waals surface area contributed by atoms with Crippen molar-refractivity contribution in [3.63, 3.8) is 0 Å². The number of rotatable bonds is 3. The molecular weight excluding hydrogens is 241 g/mol. The van der Waals surface area contributed by atoms with Gasteiger partial charge in [0.1, 0.15) is 6.10 Å². The highest BCUT2D eigenvalue weighted by molar-refractivity contribution is 6.15. The lowest BCUT2D eigenvalue weighted by Gasteiger charge is -2.25. The van der Waals surface area contributed by atoms with E-state index in [2.05, 4.69) is 27.7 Å². The first-order valence-corrected chi connectivity index (χ1v) is 7.30. The lowest BCUT2D eigenvalue weighted by atomic mass is 9.87. The lowest BCUT2D eigenvalue weighted by Crippen LogP contribution is -2.39. The zero-order valence-corrected chi connectivity index (χ0v) is 12.6. The fourth-order valence-electron chi connectivity index (χ4n) is 3.31. The summed E-state index contributed by atoms with van der Waals surface area (Å²) in [5, 5.41) is 0. The minimum Gasteiger partial charge on any atom is -0.460 e. The molecule has 2 aliphatic rings. The van der Waals surface area contributed by atoms with Crippen LogP contribution < -0.4 is 0 Å². The predicted molar refractivity (Wildman–Crippen MR) is 74.9 cm³/mol. The number of nitrogens with zero attached hydrogens (tertiary/aromatic N) is 1. The Hall–Kier alpha value is -0.995. The van der Waals surface area contributed by atoms with Gasteiger partial charge in [0.05, 0.1) is 12.0 Å². The van der Waals surface area contributed by atoms with Crippen molar-refractivity contribution in [2.24, 2.45) is 23.7 Å². The molecule has 5 heteroatoms. The first kappa shape index (κ1) is 14.4. The molecule has 19 heavy (non-hydrogen) atoms. The maximum absolute atomic E-state index is 12.2. The van der Waals surface area contributed by atoms with E-state index >= 15 is 0 Å². The van der Waals surface area contributed by atoms with Crippen molar-refractivity contribution >= 4 is 19.9 Å². The van der Waals surface area contributed by atoms with Crippen LogP contribution in [0.5, 0.6) is 0 Å². The molecule has 2 fully saturated rings. The third-order valence-electron chi connectivity index (χ3n) is 4.75. The molecule has 2 heterocycles. The Morgan fingerprint density at radius 3 is 2.11 bits per heavy atom. The van der Waals surface area contributed by atoms with Gasteiger partial charge < -0.3 is 9.55 Å². The number of carbonyl (C=O) groups is 2. The first-order chi connectivity index (χ1) is 8.82. The molecule has 4 atom stereocenters. The molecule has 0 N–H and O–H groups in total. The summed E-state index contributed by atoms with van der Waals surface area (Å²) in [7, 11) is 1.84. The van der Waals surface area contributed by atoms with Crippen molar-refractivity contribution in [3.05, 3.63) is 0 Å². The Morgan fingerprint density at radius 1 is 1.11 bits per heavy atom. The first-order valence-electron chi connectivity index (χ1n) is 7.30. The normalized spacial score (nSPS) is 35.6. The van der Waals surface area contributed by atoms with Crippen LogP contribution in [0, 0.1) is 23.7 Å². The standard InChI is InChI=1S/C14H24BNO3/c1-7(2)9-5-11(16(15)13(9)17)12-6-10(8(3)4)14(18)19-12/h7-12H,5-6,15H2,1-4H3/t9?,10?,11-,12-/m0/s1. The minimum atomic E-state index is -0.113. The van der Waals surface area contributed by atoms with Crippen molar-refractivity contribution in [1.82, 2.24) is 4.81 Å². The molecule has 0 saturated carbocycles. The number of cyclic esters (lactones) is 1. The smallest absolute Gasteiger partial charge is 0.309 e. The molecule has 2 unspecified atom stereocenters. The molecule has 4 nitrogen and oxygen atoms in total. The van der Waals surface area contributed by atoms with Gasteiger partial charge in [0.25, 0.3) is 0 Å². The maximum Gasteiger partial charge on any atom is 0.309 e. The van der Waals surface area contributed by atoms with Crippen molar-refractivity contribution in [2.45, 2.75) is 52.7 Å². The molecule has 0 spiro atoms. The van der Waals surface area contributed by atoms with Crippen LogP contribution in [0.4, 0.5) is 0 Å². The number of amides is 1. The molecule has 1 amide bonds. The van der Waals surface area contributed by atoms with Crippen LogP contribution in [0.15, 0.2) is 0 Å². The van der Waals surface area contributed by atoms with Crippen LogP contribution >= 0.6 is 0 Å². The second kappa shape index (κ2) is 5.18. The van der Waals surface area contributed by atoms with Gasteiger partial charge in [0.2, 0.25) is 13.9 Å². The minimum absolute atomic E-state index is 0.00778. The summed E-state index contributed by atoms with van der Waals surface area (Å²) in [6.45, 7) is 8.26. The molecule has 0 aromatic heterocycles. The second-order valence-corrected chi connectivity index (χ2v) is 6.66. The Bertz CT molecular complexity index is 383. The van der Waals surface area contributed by atoms with Gasteiger partial charge in [0, 0.05) is 5.92 Å². The van der Waals surface area contributed by atoms with Crippen LogP contribution in [0.1, 0.15) is 40.5 Å². The average molecular weight is 265 g/mol.